The van der Waals surface area contributed by atoms with E-state index in [0.717, 1.165) is 10.2 Å². The maximum atomic E-state index is 13.3. The summed E-state index contributed by atoms with van der Waals surface area (Å²) in [6.07, 6.45) is 0. The zero-order chi connectivity index (χ0) is 19.7. The zero-order valence-electron chi connectivity index (χ0n) is 15.4. The number of hydrogen-bond donors (Lipinski definition) is 1. The first-order valence-electron chi connectivity index (χ1n) is 8.28. The van der Waals surface area contributed by atoms with Crippen LogP contribution in [0.2, 0.25) is 0 Å². The molecule has 140 valence electrons. The largest absolute Gasteiger partial charge is 0.303 e. The van der Waals surface area contributed by atoms with Gasteiger partial charge >= 0.3 is 0 Å². The van der Waals surface area contributed by atoms with E-state index in [9.17, 15) is 14.0 Å². The molecule has 0 atom stereocenters. The van der Waals surface area contributed by atoms with Crippen molar-refractivity contribution >= 4 is 11.7 Å². The molecular formula is C18H19FN6O2. The minimum Gasteiger partial charge on any atom is -0.303 e. The van der Waals surface area contributed by atoms with Crippen LogP contribution in [-0.2, 0) is 13.6 Å². The van der Waals surface area contributed by atoms with Crippen molar-refractivity contribution in [1.29, 1.82) is 0 Å². The van der Waals surface area contributed by atoms with Gasteiger partial charge in [-0.15, -0.1) is 5.10 Å². The van der Waals surface area contributed by atoms with E-state index >= 15 is 0 Å². The fourth-order valence-corrected chi connectivity index (χ4v) is 2.72. The number of rotatable bonds is 4. The Balaban J connectivity index is 1.87. The third kappa shape index (κ3) is 3.62. The first-order chi connectivity index (χ1) is 12.8. The van der Waals surface area contributed by atoms with Crippen LogP contribution in [-0.4, -0.2) is 30.7 Å². The highest BCUT2D eigenvalue weighted by Crippen LogP contribution is 2.15. The number of hydrogen-bond acceptors (Lipinski definition) is 5. The van der Waals surface area contributed by atoms with Gasteiger partial charge in [0.15, 0.2) is 5.82 Å². The second kappa shape index (κ2) is 7.10. The molecule has 27 heavy (non-hydrogen) atoms. The Hall–Kier alpha value is -3.36. The van der Waals surface area contributed by atoms with Gasteiger partial charge in [-0.05, 0) is 44.0 Å². The molecule has 2 aromatic heterocycles. The van der Waals surface area contributed by atoms with Crippen LogP contribution in [0.3, 0.4) is 0 Å². The Morgan fingerprint density at radius 2 is 2.00 bits per heavy atom. The minimum absolute atomic E-state index is 0.0177. The van der Waals surface area contributed by atoms with E-state index in [4.69, 9.17) is 0 Å². The zero-order valence-corrected chi connectivity index (χ0v) is 15.4. The predicted octanol–water partition coefficient (Wildman–Crippen LogP) is 1.74. The number of anilines is 1. The first kappa shape index (κ1) is 18.4. The highest BCUT2D eigenvalue weighted by Gasteiger charge is 2.20. The molecule has 1 aromatic carbocycles. The summed E-state index contributed by atoms with van der Waals surface area (Å²) in [5.41, 5.74) is 1.95. The summed E-state index contributed by atoms with van der Waals surface area (Å²) in [7, 11) is 1.49. The van der Waals surface area contributed by atoms with Gasteiger partial charge in [0, 0.05) is 7.05 Å². The van der Waals surface area contributed by atoms with Crippen LogP contribution in [0, 0.1) is 26.6 Å². The van der Waals surface area contributed by atoms with Gasteiger partial charge in [0.1, 0.15) is 11.4 Å². The van der Waals surface area contributed by atoms with Crippen LogP contribution in [0.15, 0.2) is 29.1 Å². The number of carbonyl (C=O) groups excluding carboxylic acids is 1. The van der Waals surface area contributed by atoms with Gasteiger partial charge in [0.25, 0.3) is 11.5 Å². The lowest BCUT2D eigenvalue weighted by atomic mass is 10.1. The number of nitrogens with zero attached hydrogens (tertiary/aromatic N) is 5. The van der Waals surface area contributed by atoms with Crippen molar-refractivity contribution in [3.63, 3.8) is 0 Å². The second-order valence-electron chi connectivity index (χ2n) is 6.28. The molecular weight excluding hydrogens is 351 g/mol. The molecule has 1 N–H and O–H groups in total. The molecule has 0 radical (unpaired) electrons. The second-order valence-corrected chi connectivity index (χ2v) is 6.28. The molecule has 9 heteroatoms. The Morgan fingerprint density at radius 3 is 2.70 bits per heavy atom. The summed E-state index contributed by atoms with van der Waals surface area (Å²) in [4.78, 5) is 24.9. The van der Waals surface area contributed by atoms with Crippen molar-refractivity contribution in [3.05, 3.63) is 68.5 Å². The molecule has 1 amide bonds. The maximum Gasteiger partial charge on any atom is 0.279 e. The molecule has 0 saturated carbocycles. The standard InChI is InChI=1S/C18H19FN6O2/c1-10-11(2)22-24(4)18(27)15(10)17(26)20-16-12(3)25(23-21-16)9-13-6-5-7-14(19)8-13/h5-8H,9H2,1-4H3,(H,20,26). The third-order valence-electron chi connectivity index (χ3n) is 4.39. The highest BCUT2D eigenvalue weighted by molar-refractivity contribution is 6.04. The van der Waals surface area contributed by atoms with Gasteiger partial charge in [-0.2, -0.15) is 5.10 Å². The highest BCUT2D eigenvalue weighted by atomic mass is 19.1. The normalized spacial score (nSPS) is 10.9. The van der Waals surface area contributed by atoms with Gasteiger partial charge in [0.05, 0.1) is 17.9 Å². The van der Waals surface area contributed by atoms with Gasteiger partial charge in [-0.3, -0.25) is 9.59 Å². The summed E-state index contributed by atoms with van der Waals surface area (Å²) in [5.74, 6) is -0.662. The Bertz CT molecular complexity index is 1090. The minimum atomic E-state index is -0.570. The van der Waals surface area contributed by atoms with Crippen molar-refractivity contribution in [2.75, 3.05) is 5.32 Å². The number of aryl methyl sites for hydroxylation is 2. The summed E-state index contributed by atoms with van der Waals surface area (Å²) in [5, 5.41) is 14.7. The Kier molecular flexibility index (Phi) is 4.85. The van der Waals surface area contributed by atoms with Crippen LogP contribution >= 0.6 is 0 Å². The number of benzene rings is 1. The number of nitrogens with one attached hydrogen (secondary N) is 1. The predicted molar refractivity (Wildman–Crippen MR) is 97.2 cm³/mol. The smallest absolute Gasteiger partial charge is 0.279 e. The summed E-state index contributed by atoms with van der Waals surface area (Å²) < 4.78 is 16.0. The third-order valence-corrected chi connectivity index (χ3v) is 4.39. The number of amides is 1. The lowest BCUT2D eigenvalue weighted by molar-refractivity contribution is 0.102. The van der Waals surface area contributed by atoms with E-state index in [1.165, 1.54) is 19.2 Å². The molecule has 0 aliphatic rings. The summed E-state index contributed by atoms with van der Waals surface area (Å²) in [6, 6.07) is 6.16. The van der Waals surface area contributed by atoms with E-state index in [1.54, 1.807) is 37.6 Å². The van der Waals surface area contributed by atoms with Crippen LogP contribution < -0.4 is 10.9 Å². The first-order valence-corrected chi connectivity index (χ1v) is 8.28. The fourth-order valence-electron chi connectivity index (χ4n) is 2.72. The van der Waals surface area contributed by atoms with Gasteiger partial charge < -0.3 is 5.32 Å². The van der Waals surface area contributed by atoms with Crippen molar-refractivity contribution in [3.8, 4) is 0 Å². The molecule has 0 aliphatic carbocycles. The van der Waals surface area contributed by atoms with Crippen LogP contribution in [0.25, 0.3) is 0 Å². The Labute approximate surface area is 154 Å². The number of halogens is 1. The van der Waals surface area contributed by atoms with Gasteiger partial charge in [0.2, 0.25) is 0 Å². The lowest BCUT2D eigenvalue weighted by Gasteiger charge is -2.09. The van der Waals surface area contributed by atoms with E-state index in [-0.39, 0.29) is 17.2 Å². The monoisotopic (exact) mass is 370 g/mol. The number of carbonyl (C=O) groups is 1. The van der Waals surface area contributed by atoms with Crippen molar-refractivity contribution in [2.24, 2.45) is 7.05 Å². The fraction of sp³-hybridized carbons (Fsp3) is 0.278. The Morgan fingerprint density at radius 1 is 1.26 bits per heavy atom. The molecule has 0 bridgehead atoms. The molecule has 0 fully saturated rings. The molecule has 8 nitrogen and oxygen atoms in total. The van der Waals surface area contributed by atoms with E-state index in [0.29, 0.717) is 23.5 Å². The molecule has 2 heterocycles. The van der Waals surface area contributed by atoms with Crippen molar-refractivity contribution in [2.45, 2.75) is 27.3 Å². The summed E-state index contributed by atoms with van der Waals surface area (Å²) >= 11 is 0. The van der Waals surface area contributed by atoms with Gasteiger partial charge in [-0.1, -0.05) is 17.3 Å². The van der Waals surface area contributed by atoms with Crippen LogP contribution in [0.4, 0.5) is 10.2 Å². The average Bonchev–Trinajstić information content (AvgIpc) is 2.94. The molecule has 0 unspecified atom stereocenters. The van der Waals surface area contributed by atoms with Crippen molar-refractivity contribution in [1.82, 2.24) is 24.8 Å². The molecule has 3 rings (SSSR count). The van der Waals surface area contributed by atoms with E-state index in [2.05, 4.69) is 20.7 Å². The van der Waals surface area contributed by atoms with Crippen LogP contribution in [0.5, 0.6) is 0 Å². The topological polar surface area (TPSA) is 94.7 Å². The quantitative estimate of drug-likeness (QED) is 0.755. The molecule has 3 aromatic rings. The average molecular weight is 370 g/mol. The van der Waals surface area contributed by atoms with Crippen molar-refractivity contribution < 1.29 is 9.18 Å². The van der Waals surface area contributed by atoms with Gasteiger partial charge in [-0.25, -0.2) is 13.8 Å². The van der Waals surface area contributed by atoms with E-state index < -0.39 is 11.5 Å². The number of aromatic nitrogens is 5. The lowest BCUT2D eigenvalue weighted by Crippen LogP contribution is -2.31. The van der Waals surface area contributed by atoms with Crippen LogP contribution in [0.1, 0.15) is 32.9 Å². The summed E-state index contributed by atoms with van der Waals surface area (Å²) in [6.45, 7) is 5.44. The molecule has 0 aliphatic heterocycles. The molecule has 0 saturated heterocycles. The SMILES string of the molecule is Cc1nn(C)c(=O)c(C(=O)Nc2nnn(Cc3cccc(F)c3)c2C)c1C. The van der Waals surface area contributed by atoms with E-state index in [1.807, 2.05) is 0 Å². The molecule has 0 spiro atoms. The maximum absolute atomic E-state index is 13.3.